The molecule has 2 saturated heterocycles. The van der Waals surface area contributed by atoms with E-state index in [2.05, 4.69) is 23.7 Å². The number of nitrogens with zero attached hydrogens (tertiary/aromatic N) is 2. The zero-order valence-electron chi connectivity index (χ0n) is 11.7. The minimum Gasteiger partial charge on any atom is -0.384 e. The first-order valence-electron chi connectivity index (χ1n) is 6.90. The molecule has 2 rings (SSSR count). The smallest absolute Gasteiger partial charge is 0.142 e. The molecule has 0 saturated carbocycles. The molecule has 2 N–H and O–H groups in total. The SMILES string of the molecule is C=C(ON=C(N)C(C)C)C1CC2CCC(C1)N2C. The highest BCUT2D eigenvalue weighted by molar-refractivity contribution is 5.81. The van der Waals surface area contributed by atoms with Gasteiger partial charge in [0.25, 0.3) is 0 Å². The number of rotatable bonds is 4. The average molecular weight is 251 g/mol. The van der Waals surface area contributed by atoms with Crippen molar-refractivity contribution in [2.45, 2.75) is 51.6 Å². The number of allylic oxidation sites excluding steroid dienone is 1. The van der Waals surface area contributed by atoms with E-state index >= 15 is 0 Å². The molecular formula is C14H25N3O. The van der Waals surface area contributed by atoms with Gasteiger partial charge >= 0.3 is 0 Å². The maximum absolute atomic E-state index is 5.76. The molecule has 0 aromatic heterocycles. The molecule has 0 aromatic rings. The number of hydrogen-bond acceptors (Lipinski definition) is 3. The fourth-order valence-corrected chi connectivity index (χ4v) is 2.97. The van der Waals surface area contributed by atoms with Crippen molar-refractivity contribution in [2.75, 3.05) is 7.05 Å². The van der Waals surface area contributed by atoms with Crippen LogP contribution >= 0.6 is 0 Å². The Labute approximate surface area is 110 Å². The molecule has 2 fully saturated rings. The molecule has 2 aliphatic heterocycles. The number of hydrogen-bond donors (Lipinski definition) is 1. The van der Waals surface area contributed by atoms with Crippen LogP contribution in [0.5, 0.6) is 0 Å². The Morgan fingerprint density at radius 1 is 1.33 bits per heavy atom. The summed E-state index contributed by atoms with van der Waals surface area (Å²) in [5.74, 6) is 1.96. The molecule has 0 spiro atoms. The number of oxime groups is 1. The number of nitrogens with two attached hydrogens (primary N) is 1. The number of fused-ring (bicyclic) bond motifs is 2. The van der Waals surface area contributed by atoms with Gasteiger partial charge in [0.15, 0.2) is 0 Å². The Bertz CT molecular complexity index is 337. The predicted octanol–water partition coefficient (Wildman–Crippen LogP) is 2.32. The minimum atomic E-state index is 0.214. The van der Waals surface area contributed by atoms with Crippen LogP contribution in [0.3, 0.4) is 0 Å². The highest BCUT2D eigenvalue weighted by Crippen LogP contribution is 2.40. The molecule has 102 valence electrons. The molecule has 2 atom stereocenters. The van der Waals surface area contributed by atoms with Gasteiger partial charge in [-0.05, 0) is 32.7 Å². The van der Waals surface area contributed by atoms with Crippen molar-refractivity contribution in [3.8, 4) is 0 Å². The lowest BCUT2D eigenvalue weighted by atomic mass is 9.90. The van der Waals surface area contributed by atoms with Crippen molar-refractivity contribution >= 4 is 5.84 Å². The fourth-order valence-electron chi connectivity index (χ4n) is 2.97. The Kier molecular flexibility index (Phi) is 3.95. The third-order valence-corrected chi connectivity index (χ3v) is 4.41. The Morgan fingerprint density at radius 3 is 2.39 bits per heavy atom. The summed E-state index contributed by atoms with van der Waals surface area (Å²) < 4.78 is 0. The van der Waals surface area contributed by atoms with E-state index in [1.54, 1.807) is 0 Å². The van der Waals surface area contributed by atoms with Crippen molar-refractivity contribution in [2.24, 2.45) is 22.7 Å². The van der Waals surface area contributed by atoms with Gasteiger partial charge < -0.3 is 15.5 Å². The third kappa shape index (κ3) is 2.69. The molecule has 4 nitrogen and oxygen atoms in total. The second-order valence-electron chi connectivity index (χ2n) is 5.95. The summed E-state index contributed by atoms with van der Waals surface area (Å²) in [4.78, 5) is 7.92. The third-order valence-electron chi connectivity index (χ3n) is 4.41. The zero-order chi connectivity index (χ0) is 13.3. The summed E-state index contributed by atoms with van der Waals surface area (Å²) in [6.07, 6.45) is 4.90. The topological polar surface area (TPSA) is 50.9 Å². The summed E-state index contributed by atoms with van der Waals surface area (Å²) in [7, 11) is 2.23. The normalized spacial score (nSPS) is 32.9. The largest absolute Gasteiger partial charge is 0.384 e. The molecular weight excluding hydrogens is 226 g/mol. The zero-order valence-corrected chi connectivity index (χ0v) is 11.7. The van der Waals surface area contributed by atoms with Crippen molar-refractivity contribution < 1.29 is 4.84 Å². The summed E-state index contributed by atoms with van der Waals surface area (Å²) in [6.45, 7) is 8.03. The lowest BCUT2D eigenvalue weighted by Crippen LogP contribution is -2.40. The lowest BCUT2D eigenvalue weighted by Gasteiger charge is -2.36. The van der Waals surface area contributed by atoms with Crippen LogP contribution in [0, 0.1) is 11.8 Å². The van der Waals surface area contributed by atoms with Gasteiger partial charge in [0.1, 0.15) is 11.6 Å². The standard InChI is InChI=1S/C14H25N3O/c1-9(2)14(15)16-18-10(3)11-7-12-5-6-13(8-11)17(12)4/h9,11-13H,3,5-8H2,1-2,4H3,(H2,15,16). The second kappa shape index (κ2) is 5.31. The molecule has 18 heavy (non-hydrogen) atoms. The summed E-state index contributed by atoms with van der Waals surface area (Å²) >= 11 is 0. The van der Waals surface area contributed by atoms with Gasteiger partial charge in [0, 0.05) is 23.9 Å². The van der Waals surface area contributed by atoms with E-state index in [4.69, 9.17) is 10.6 Å². The van der Waals surface area contributed by atoms with Gasteiger partial charge in [-0.3, -0.25) is 0 Å². The first-order chi connectivity index (χ1) is 8.49. The van der Waals surface area contributed by atoms with E-state index < -0.39 is 0 Å². The maximum Gasteiger partial charge on any atom is 0.142 e. The van der Waals surface area contributed by atoms with Crippen LogP contribution in [0.15, 0.2) is 17.5 Å². The summed E-state index contributed by atoms with van der Waals surface area (Å²) in [5.41, 5.74) is 5.76. The molecule has 4 heteroatoms. The predicted molar refractivity (Wildman–Crippen MR) is 74.0 cm³/mol. The van der Waals surface area contributed by atoms with Gasteiger partial charge in [0.2, 0.25) is 0 Å². The van der Waals surface area contributed by atoms with Crippen LogP contribution in [-0.2, 0) is 4.84 Å². The van der Waals surface area contributed by atoms with E-state index in [0.29, 0.717) is 23.8 Å². The fraction of sp³-hybridized carbons (Fsp3) is 0.786. The van der Waals surface area contributed by atoms with Crippen LogP contribution < -0.4 is 5.73 Å². The molecule has 0 aromatic carbocycles. The van der Waals surface area contributed by atoms with Crippen LogP contribution in [0.2, 0.25) is 0 Å². The number of amidine groups is 1. The lowest BCUT2D eigenvalue weighted by molar-refractivity contribution is 0.102. The first kappa shape index (κ1) is 13.4. The minimum absolute atomic E-state index is 0.214. The van der Waals surface area contributed by atoms with Gasteiger partial charge in [0.05, 0.1) is 0 Å². The quantitative estimate of drug-likeness (QED) is 0.361. The monoisotopic (exact) mass is 251 g/mol. The van der Waals surface area contributed by atoms with Crippen LogP contribution in [0.1, 0.15) is 39.5 Å². The van der Waals surface area contributed by atoms with Gasteiger partial charge in [-0.2, -0.15) is 0 Å². The Balaban J connectivity index is 1.90. The maximum atomic E-state index is 5.76. The Hall–Kier alpha value is -1.03. The van der Waals surface area contributed by atoms with Crippen molar-refractivity contribution in [1.82, 2.24) is 4.90 Å². The molecule has 0 radical (unpaired) electrons. The van der Waals surface area contributed by atoms with Crippen molar-refractivity contribution in [1.29, 1.82) is 0 Å². The van der Waals surface area contributed by atoms with Gasteiger partial charge in [-0.15, -0.1) is 0 Å². The van der Waals surface area contributed by atoms with Gasteiger partial charge in [-0.25, -0.2) is 0 Å². The van der Waals surface area contributed by atoms with Gasteiger partial charge in [-0.1, -0.05) is 25.6 Å². The summed E-state index contributed by atoms with van der Waals surface area (Å²) in [6, 6.07) is 1.39. The van der Waals surface area contributed by atoms with E-state index in [9.17, 15) is 0 Å². The first-order valence-corrected chi connectivity index (χ1v) is 6.90. The Morgan fingerprint density at radius 2 is 1.89 bits per heavy atom. The van der Waals surface area contributed by atoms with Crippen molar-refractivity contribution in [3.05, 3.63) is 12.3 Å². The second-order valence-corrected chi connectivity index (χ2v) is 5.95. The average Bonchev–Trinajstić information content (AvgIpc) is 2.56. The number of piperidine rings is 1. The van der Waals surface area contributed by atoms with E-state index in [1.165, 1.54) is 12.8 Å². The van der Waals surface area contributed by atoms with Crippen LogP contribution in [0.25, 0.3) is 0 Å². The summed E-state index contributed by atoms with van der Waals surface area (Å²) in [5, 5.41) is 3.97. The van der Waals surface area contributed by atoms with Crippen LogP contribution in [0.4, 0.5) is 0 Å². The van der Waals surface area contributed by atoms with Crippen LogP contribution in [-0.4, -0.2) is 29.9 Å². The highest BCUT2D eigenvalue weighted by Gasteiger charge is 2.39. The molecule has 2 heterocycles. The molecule has 2 unspecified atom stereocenters. The molecule has 2 bridgehead atoms. The molecule has 2 aliphatic rings. The van der Waals surface area contributed by atoms with E-state index in [-0.39, 0.29) is 5.92 Å². The molecule has 0 aliphatic carbocycles. The van der Waals surface area contributed by atoms with E-state index in [0.717, 1.165) is 18.6 Å². The van der Waals surface area contributed by atoms with E-state index in [1.807, 2.05) is 13.8 Å². The highest BCUT2D eigenvalue weighted by atomic mass is 16.6. The van der Waals surface area contributed by atoms with Crippen molar-refractivity contribution in [3.63, 3.8) is 0 Å². The molecule has 0 amide bonds.